The van der Waals surface area contributed by atoms with Crippen LogP contribution in [0.2, 0.25) is 0 Å². The number of hydrogen-bond donors (Lipinski definition) is 0. The molecule has 0 bridgehead atoms. The Labute approximate surface area is 101 Å². The third kappa shape index (κ3) is 4.42. The molecule has 1 aliphatic rings. The molecular weight excluding hydrogens is 200 g/mol. The van der Waals surface area contributed by atoms with E-state index in [4.69, 9.17) is 0 Å². The van der Waals surface area contributed by atoms with Gasteiger partial charge in [0.2, 0.25) is 0 Å². The topological polar surface area (TPSA) is 23.6 Å². The van der Waals surface area contributed by atoms with Crippen molar-refractivity contribution in [2.24, 2.45) is 11.8 Å². The summed E-state index contributed by atoms with van der Waals surface area (Å²) in [7, 11) is 3.63. The van der Waals surface area contributed by atoms with Gasteiger partial charge in [0.05, 0.1) is 0 Å². The second-order valence-corrected chi connectivity index (χ2v) is 4.75. The molecule has 0 aliphatic carbocycles. The van der Waals surface area contributed by atoms with Crippen molar-refractivity contribution >= 4 is 6.03 Å². The van der Waals surface area contributed by atoms with Gasteiger partial charge in [0, 0.05) is 27.2 Å². The Bertz CT molecular complexity index is 194. The fourth-order valence-electron chi connectivity index (χ4n) is 2.04. The van der Waals surface area contributed by atoms with Crippen LogP contribution in [-0.2, 0) is 0 Å². The number of carbonyl (C=O) groups is 1. The first-order valence-electron chi connectivity index (χ1n) is 6.48. The van der Waals surface area contributed by atoms with E-state index in [0.29, 0.717) is 0 Å². The number of hydrogen-bond acceptors (Lipinski definition) is 1. The first-order valence-corrected chi connectivity index (χ1v) is 6.48. The van der Waals surface area contributed by atoms with E-state index in [1.54, 1.807) is 4.90 Å². The van der Waals surface area contributed by atoms with E-state index in [-0.39, 0.29) is 6.03 Å². The molecule has 0 spiro atoms. The van der Waals surface area contributed by atoms with Crippen molar-refractivity contribution in [2.75, 3.05) is 27.2 Å². The average Bonchev–Trinajstić information content (AvgIpc) is 2.30. The summed E-state index contributed by atoms with van der Waals surface area (Å²) in [5.41, 5.74) is 0. The summed E-state index contributed by atoms with van der Waals surface area (Å²) in [6, 6.07) is 0.159. The molecule has 2 amide bonds. The van der Waals surface area contributed by atoms with Gasteiger partial charge in [-0.1, -0.05) is 27.7 Å². The lowest BCUT2D eigenvalue weighted by Gasteiger charge is -2.35. The van der Waals surface area contributed by atoms with Gasteiger partial charge in [0.15, 0.2) is 0 Å². The van der Waals surface area contributed by atoms with Crippen molar-refractivity contribution in [3.05, 3.63) is 0 Å². The van der Waals surface area contributed by atoms with Crippen LogP contribution in [0.5, 0.6) is 0 Å². The maximum absolute atomic E-state index is 11.6. The molecule has 3 heteroatoms. The summed E-state index contributed by atoms with van der Waals surface area (Å²) >= 11 is 0. The number of urea groups is 1. The van der Waals surface area contributed by atoms with Crippen molar-refractivity contribution in [1.82, 2.24) is 9.80 Å². The van der Waals surface area contributed by atoms with Crippen LogP contribution >= 0.6 is 0 Å². The van der Waals surface area contributed by atoms with Gasteiger partial charge in [0.25, 0.3) is 0 Å². The van der Waals surface area contributed by atoms with Crippen LogP contribution in [0.25, 0.3) is 0 Å². The van der Waals surface area contributed by atoms with Gasteiger partial charge in [-0.2, -0.15) is 0 Å². The fourth-order valence-corrected chi connectivity index (χ4v) is 2.04. The number of amides is 2. The molecule has 0 saturated carbocycles. The fraction of sp³-hybridized carbons (Fsp3) is 0.923. The van der Waals surface area contributed by atoms with E-state index in [9.17, 15) is 4.79 Å². The molecular formula is C13H28N2O. The number of piperidine rings is 1. The third-order valence-corrected chi connectivity index (χ3v) is 3.14. The largest absolute Gasteiger partial charge is 0.331 e. The summed E-state index contributed by atoms with van der Waals surface area (Å²) in [5, 5.41) is 0. The minimum Gasteiger partial charge on any atom is -0.331 e. The minimum absolute atomic E-state index is 0.159. The maximum atomic E-state index is 11.6. The van der Waals surface area contributed by atoms with Crippen molar-refractivity contribution in [1.29, 1.82) is 0 Å². The van der Waals surface area contributed by atoms with E-state index in [0.717, 1.165) is 37.8 Å². The predicted octanol–water partition coefficient (Wildman–Crippen LogP) is 3.06. The lowest BCUT2D eigenvalue weighted by Crippen LogP contribution is -2.44. The zero-order valence-electron chi connectivity index (χ0n) is 11.8. The van der Waals surface area contributed by atoms with E-state index in [2.05, 4.69) is 13.8 Å². The molecule has 0 unspecified atom stereocenters. The second-order valence-electron chi connectivity index (χ2n) is 4.75. The van der Waals surface area contributed by atoms with Crippen molar-refractivity contribution in [3.63, 3.8) is 0 Å². The zero-order chi connectivity index (χ0) is 12.7. The van der Waals surface area contributed by atoms with Crippen LogP contribution in [0.3, 0.4) is 0 Å². The standard InChI is InChI=1S/C11H22N2O.C2H6/c1-9(2)10-5-7-13(8-6-10)11(14)12(3)4;1-2/h9-10H,5-8H2,1-4H3;1-2H3. The average molecular weight is 228 g/mol. The SMILES string of the molecule is CC.CC(C)C1CCN(C(=O)N(C)C)CC1. The summed E-state index contributed by atoms with van der Waals surface area (Å²) in [4.78, 5) is 15.2. The van der Waals surface area contributed by atoms with Crippen LogP contribution in [-0.4, -0.2) is 43.0 Å². The zero-order valence-corrected chi connectivity index (χ0v) is 11.8. The molecule has 1 fully saturated rings. The molecule has 0 atom stereocenters. The summed E-state index contributed by atoms with van der Waals surface area (Å²) in [6.07, 6.45) is 2.33. The van der Waals surface area contributed by atoms with Crippen LogP contribution < -0.4 is 0 Å². The van der Waals surface area contributed by atoms with Gasteiger partial charge in [-0.05, 0) is 24.7 Å². The second kappa shape index (κ2) is 7.53. The molecule has 0 aromatic heterocycles. The summed E-state index contributed by atoms with van der Waals surface area (Å²) < 4.78 is 0. The van der Waals surface area contributed by atoms with Crippen LogP contribution in [0.1, 0.15) is 40.5 Å². The smallest absolute Gasteiger partial charge is 0.319 e. The molecule has 0 radical (unpaired) electrons. The van der Waals surface area contributed by atoms with Gasteiger partial charge >= 0.3 is 6.03 Å². The van der Waals surface area contributed by atoms with Crippen LogP contribution in [0, 0.1) is 11.8 Å². The minimum atomic E-state index is 0.159. The number of nitrogens with zero attached hydrogens (tertiary/aromatic N) is 2. The molecule has 1 rings (SSSR count). The van der Waals surface area contributed by atoms with E-state index in [1.165, 1.54) is 0 Å². The molecule has 96 valence electrons. The number of likely N-dealkylation sites (tertiary alicyclic amines) is 1. The Kier molecular flexibility index (Phi) is 7.18. The number of rotatable bonds is 1. The maximum Gasteiger partial charge on any atom is 0.319 e. The highest BCUT2D eigenvalue weighted by atomic mass is 16.2. The van der Waals surface area contributed by atoms with E-state index in [1.807, 2.05) is 32.8 Å². The Morgan fingerprint density at radius 2 is 1.62 bits per heavy atom. The highest BCUT2D eigenvalue weighted by Gasteiger charge is 2.24. The quantitative estimate of drug-likeness (QED) is 0.676. The molecule has 1 aliphatic heterocycles. The van der Waals surface area contributed by atoms with Crippen molar-refractivity contribution < 1.29 is 4.79 Å². The third-order valence-electron chi connectivity index (χ3n) is 3.14. The van der Waals surface area contributed by atoms with Gasteiger partial charge in [-0.15, -0.1) is 0 Å². The molecule has 0 aromatic rings. The van der Waals surface area contributed by atoms with Crippen LogP contribution in [0.4, 0.5) is 4.79 Å². The van der Waals surface area contributed by atoms with Crippen LogP contribution in [0.15, 0.2) is 0 Å². The Hall–Kier alpha value is -0.730. The number of carbonyl (C=O) groups excluding carboxylic acids is 1. The first-order chi connectivity index (χ1) is 7.52. The van der Waals surface area contributed by atoms with Gasteiger partial charge in [0.1, 0.15) is 0 Å². The molecule has 0 N–H and O–H groups in total. The Balaban J connectivity index is 0.00000106. The van der Waals surface area contributed by atoms with Gasteiger partial charge in [-0.3, -0.25) is 0 Å². The highest BCUT2D eigenvalue weighted by Crippen LogP contribution is 2.24. The van der Waals surface area contributed by atoms with E-state index < -0.39 is 0 Å². The monoisotopic (exact) mass is 228 g/mol. The Morgan fingerprint density at radius 3 is 1.94 bits per heavy atom. The Morgan fingerprint density at radius 1 is 1.19 bits per heavy atom. The summed E-state index contributed by atoms with van der Waals surface area (Å²) in [5.74, 6) is 1.56. The summed E-state index contributed by atoms with van der Waals surface area (Å²) in [6.45, 7) is 10.4. The van der Waals surface area contributed by atoms with E-state index >= 15 is 0 Å². The van der Waals surface area contributed by atoms with Gasteiger partial charge in [-0.25, -0.2) is 4.79 Å². The lowest BCUT2D eigenvalue weighted by molar-refractivity contribution is 0.137. The molecule has 1 heterocycles. The highest BCUT2D eigenvalue weighted by molar-refractivity contribution is 5.73. The predicted molar refractivity (Wildman–Crippen MR) is 69.6 cm³/mol. The molecule has 16 heavy (non-hydrogen) atoms. The lowest BCUT2D eigenvalue weighted by atomic mass is 9.87. The molecule has 3 nitrogen and oxygen atoms in total. The normalized spacial score (nSPS) is 16.8. The first kappa shape index (κ1) is 15.3. The van der Waals surface area contributed by atoms with Crippen molar-refractivity contribution in [3.8, 4) is 0 Å². The molecule has 1 saturated heterocycles. The van der Waals surface area contributed by atoms with Crippen molar-refractivity contribution in [2.45, 2.75) is 40.5 Å². The van der Waals surface area contributed by atoms with Gasteiger partial charge < -0.3 is 9.80 Å². The molecule has 0 aromatic carbocycles.